The Kier molecular flexibility index (Phi) is 4.67. The van der Waals surface area contributed by atoms with Gasteiger partial charge in [0.15, 0.2) is 5.03 Å². The lowest BCUT2D eigenvalue weighted by atomic mass is 10.2. The van der Waals surface area contributed by atoms with Crippen LogP contribution in [0.25, 0.3) is 0 Å². The molecule has 0 saturated heterocycles. The number of aromatic nitrogens is 2. The average molecular weight is 343 g/mol. The highest BCUT2D eigenvalue weighted by molar-refractivity contribution is 7.90. The Morgan fingerprint density at radius 3 is 2.24 bits per heavy atom. The van der Waals surface area contributed by atoms with Gasteiger partial charge in [0.05, 0.1) is 0 Å². The number of nitrogens with zero attached hydrogens (tertiary/aromatic N) is 2. The third-order valence-corrected chi connectivity index (χ3v) is 11.1. The average Bonchev–Trinajstić information content (AvgIpc) is 2.60. The van der Waals surface area contributed by atoms with Crippen molar-refractivity contribution in [1.29, 1.82) is 0 Å². The lowest BCUT2D eigenvalue weighted by Gasteiger charge is -2.36. The zero-order chi connectivity index (χ0) is 16.7. The highest BCUT2D eigenvalue weighted by Crippen LogP contribution is 2.34. The molecule has 21 heavy (non-hydrogen) atoms. The first-order chi connectivity index (χ1) is 9.14. The SMILES string of the molecule is CC(C)(C)[Si](C)(C)NS(=O)(=O)c1ccn(CC(F)(F)F)n1. The van der Waals surface area contributed by atoms with Crippen LogP contribution in [0.15, 0.2) is 17.3 Å². The van der Waals surface area contributed by atoms with Crippen LogP contribution in [0, 0.1) is 0 Å². The molecular formula is C11H20F3N3O2SSi. The van der Waals surface area contributed by atoms with Gasteiger partial charge in [-0.3, -0.25) is 4.68 Å². The highest BCUT2D eigenvalue weighted by Gasteiger charge is 2.40. The van der Waals surface area contributed by atoms with E-state index in [1.54, 1.807) is 0 Å². The van der Waals surface area contributed by atoms with E-state index in [1.807, 2.05) is 33.9 Å². The summed E-state index contributed by atoms with van der Waals surface area (Å²) >= 11 is 0. The molecule has 0 amide bonds. The molecule has 1 aromatic heterocycles. The summed E-state index contributed by atoms with van der Waals surface area (Å²) in [5.74, 6) is 0. The summed E-state index contributed by atoms with van der Waals surface area (Å²) in [6.07, 6.45) is -3.44. The van der Waals surface area contributed by atoms with Crippen LogP contribution in [0.2, 0.25) is 18.1 Å². The molecule has 0 bridgehead atoms. The number of alkyl halides is 3. The second-order valence-electron chi connectivity index (χ2n) is 6.45. The van der Waals surface area contributed by atoms with Crippen molar-refractivity contribution >= 4 is 18.3 Å². The van der Waals surface area contributed by atoms with Crippen molar-refractivity contribution in [1.82, 2.24) is 14.2 Å². The summed E-state index contributed by atoms with van der Waals surface area (Å²) in [5, 5.41) is 2.87. The highest BCUT2D eigenvalue weighted by atomic mass is 32.2. The fraction of sp³-hybridized carbons (Fsp3) is 0.727. The first kappa shape index (κ1) is 18.2. The minimum absolute atomic E-state index is 0.241. The van der Waals surface area contributed by atoms with Gasteiger partial charge < -0.3 is 0 Å². The van der Waals surface area contributed by atoms with Gasteiger partial charge >= 0.3 is 6.18 Å². The molecule has 0 spiro atoms. The van der Waals surface area contributed by atoms with Crippen molar-refractivity contribution in [3.63, 3.8) is 0 Å². The minimum atomic E-state index is -4.44. The van der Waals surface area contributed by atoms with Gasteiger partial charge in [0.1, 0.15) is 14.8 Å². The predicted octanol–water partition coefficient (Wildman–Crippen LogP) is 2.73. The maximum absolute atomic E-state index is 12.3. The summed E-state index contributed by atoms with van der Waals surface area (Å²) < 4.78 is 64.4. The van der Waals surface area contributed by atoms with E-state index in [-0.39, 0.29) is 5.04 Å². The van der Waals surface area contributed by atoms with Gasteiger partial charge in [-0.15, -0.1) is 0 Å². The molecule has 1 heterocycles. The molecule has 1 rings (SSSR count). The van der Waals surface area contributed by atoms with E-state index in [0.29, 0.717) is 4.68 Å². The number of hydrogen-bond acceptors (Lipinski definition) is 3. The zero-order valence-corrected chi connectivity index (χ0v) is 14.4. The molecule has 122 valence electrons. The Bertz CT molecular complexity index is 603. The van der Waals surface area contributed by atoms with Gasteiger partial charge in [-0.25, -0.2) is 12.8 Å². The molecule has 0 aliphatic heterocycles. The van der Waals surface area contributed by atoms with E-state index in [2.05, 4.69) is 9.49 Å². The maximum Gasteiger partial charge on any atom is 0.408 e. The fourth-order valence-corrected chi connectivity index (χ4v) is 6.08. The number of halogens is 3. The van der Waals surface area contributed by atoms with Gasteiger partial charge in [0, 0.05) is 6.20 Å². The summed E-state index contributed by atoms with van der Waals surface area (Å²) in [6.45, 7) is 8.13. The smallest absolute Gasteiger partial charge is 0.262 e. The second-order valence-corrected chi connectivity index (χ2v) is 13.4. The summed E-state index contributed by atoms with van der Waals surface area (Å²) in [5.41, 5.74) is 0. The van der Waals surface area contributed by atoms with Crippen molar-refractivity contribution in [2.24, 2.45) is 0 Å². The molecule has 0 saturated carbocycles. The lowest BCUT2D eigenvalue weighted by molar-refractivity contribution is -0.142. The van der Waals surface area contributed by atoms with Gasteiger partial charge in [-0.1, -0.05) is 33.9 Å². The first-order valence-corrected chi connectivity index (χ1v) is 10.8. The largest absolute Gasteiger partial charge is 0.408 e. The monoisotopic (exact) mass is 343 g/mol. The number of rotatable bonds is 4. The Morgan fingerprint density at radius 1 is 1.29 bits per heavy atom. The van der Waals surface area contributed by atoms with Crippen molar-refractivity contribution < 1.29 is 21.6 Å². The van der Waals surface area contributed by atoms with E-state index >= 15 is 0 Å². The van der Waals surface area contributed by atoms with Gasteiger partial charge in [-0.05, 0) is 11.1 Å². The summed E-state index contributed by atoms with van der Waals surface area (Å²) in [7, 11) is -6.29. The molecule has 0 unspecified atom stereocenters. The van der Waals surface area contributed by atoms with Crippen molar-refractivity contribution in [2.45, 2.75) is 56.7 Å². The lowest BCUT2D eigenvalue weighted by Crippen LogP contribution is -2.54. The standard InChI is InChI=1S/C11H20F3N3O2SSi/c1-10(2,3)21(4,5)16-20(18,19)9-6-7-17(15-9)8-11(12,13)14/h6-7,16H,8H2,1-5H3. The van der Waals surface area contributed by atoms with Crippen LogP contribution in [-0.2, 0) is 16.6 Å². The van der Waals surface area contributed by atoms with Crippen LogP contribution in [0.3, 0.4) is 0 Å². The molecule has 0 aliphatic rings. The molecule has 0 aliphatic carbocycles. The molecule has 0 atom stereocenters. The zero-order valence-electron chi connectivity index (χ0n) is 12.6. The quantitative estimate of drug-likeness (QED) is 0.855. The Labute approximate surface area is 123 Å². The molecule has 1 aromatic rings. The Balaban J connectivity index is 3.00. The van der Waals surface area contributed by atoms with Crippen LogP contribution in [0.5, 0.6) is 0 Å². The Hall–Kier alpha value is -0.873. The normalized spacial score (nSPS) is 14.5. The van der Waals surface area contributed by atoms with E-state index in [9.17, 15) is 21.6 Å². The van der Waals surface area contributed by atoms with Gasteiger partial charge in [-0.2, -0.15) is 18.3 Å². The van der Waals surface area contributed by atoms with E-state index < -0.39 is 36.0 Å². The van der Waals surface area contributed by atoms with Crippen molar-refractivity contribution in [2.75, 3.05) is 0 Å². The number of sulfonamides is 1. The molecular weight excluding hydrogens is 323 g/mol. The van der Waals surface area contributed by atoms with Gasteiger partial charge in [0.2, 0.25) is 0 Å². The molecule has 0 aromatic carbocycles. The van der Waals surface area contributed by atoms with E-state index in [0.717, 1.165) is 12.3 Å². The predicted molar refractivity (Wildman–Crippen MR) is 75.8 cm³/mol. The first-order valence-electron chi connectivity index (χ1n) is 6.28. The molecule has 0 fully saturated rings. The number of hydrogen-bond donors (Lipinski definition) is 1. The summed E-state index contributed by atoms with van der Waals surface area (Å²) in [4.78, 5) is 0. The van der Waals surface area contributed by atoms with Crippen LogP contribution in [0.1, 0.15) is 20.8 Å². The number of nitrogens with one attached hydrogen (secondary N) is 1. The van der Waals surface area contributed by atoms with Crippen molar-refractivity contribution in [3.05, 3.63) is 12.3 Å². The van der Waals surface area contributed by atoms with Gasteiger partial charge in [0.25, 0.3) is 10.0 Å². The Morgan fingerprint density at radius 2 is 1.81 bits per heavy atom. The molecule has 1 N–H and O–H groups in total. The van der Waals surface area contributed by atoms with E-state index in [4.69, 9.17) is 0 Å². The van der Waals surface area contributed by atoms with Crippen LogP contribution >= 0.6 is 0 Å². The topological polar surface area (TPSA) is 64.0 Å². The van der Waals surface area contributed by atoms with E-state index in [1.165, 1.54) is 0 Å². The summed E-state index contributed by atoms with van der Waals surface area (Å²) in [6, 6.07) is 1.07. The molecule has 0 radical (unpaired) electrons. The van der Waals surface area contributed by atoms with Crippen LogP contribution < -0.4 is 4.39 Å². The minimum Gasteiger partial charge on any atom is -0.262 e. The fourth-order valence-electron chi connectivity index (χ4n) is 1.30. The van der Waals surface area contributed by atoms with Crippen LogP contribution in [-0.4, -0.2) is 32.6 Å². The van der Waals surface area contributed by atoms with Crippen molar-refractivity contribution in [3.8, 4) is 0 Å². The third-order valence-electron chi connectivity index (χ3n) is 3.50. The second kappa shape index (κ2) is 5.40. The third kappa shape index (κ3) is 4.82. The van der Waals surface area contributed by atoms with Crippen LogP contribution in [0.4, 0.5) is 13.2 Å². The maximum atomic E-state index is 12.3. The molecule has 10 heteroatoms. The molecule has 5 nitrogen and oxygen atoms in total.